The number of fused-ring (bicyclic) bond motifs is 1. The molecule has 0 radical (unpaired) electrons. The van der Waals surface area contributed by atoms with Gasteiger partial charge in [-0.2, -0.15) is 0 Å². The molecule has 0 saturated heterocycles. The van der Waals surface area contributed by atoms with Crippen molar-refractivity contribution in [3.05, 3.63) is 11.4 Å². The molecule has 0 spiro atoms. The Morgan fingerprint density at radius 3 is 2.85 bits per heavy atom. The fourth-order valence-corrected chi connectivity index (χ4v) is 2.62. The van der Waals surface area contributed by atoms with Gasteiger partial charge in [-0.15, -0.1) is 11.3 Å². The number of thiophene rings is 1. The minimum Gasteiger partial charge on any atom is -0.361 e. The molecule has 0 amide bonds. The van der Waals surface area contributed by atoms with Crippen LogP contribution in [0.4, 0.5) is 5.82 Å². The monoisotopic (exact) mass is 209 g/mol. The van der Waals surface area contributed by atoms with Crippen LogP contribution in [-0.2, 0) is 0 Å². The smallest absolute Gasteiger partial charge is 0.149 e. The van der Waals surface area contributed by atoms with Gasteiger partial charge in [0.15, 0.2) is 0 Å². The van der Waals surface area contributed by atoms with Gasteiger partial charge in [0.2, 0.25) is 0 Å². The van der Waals surface area contributed by atoms with Crippen LogP contribution >= 0.6 is 11.3 Å². The highest BCUT2D eigenvalue weighted by Gasteiger charge is 2.07. The van der Waals surface area contributed by atoms with Crippen LogP contribution in [0.1, 0.15) is 0 Å². The van der Waals surface area contributed by atoms with Crippen LogP contribution in [0.25, 0.3) is 10.2 Å². The minimum absolute atomic E-state index is 0.905. The molecule has 0 aliphatic heterocycles. The summed E-state index contributed by atoms with van der Waals surface area (Å²) >= 11 is 1.70. The lowest BCUT2D eigenvalue weighted by atomic mass is 10.4. The van der Waals surface area contributed by atoms with Gasteiger partial charge in [0.25, 0.3) is 0 Å². The zero-order valence-electron chi connectivity index (χ0n) is 7.90. The molecule has 2 rings (SSSR count). The van der Waals surface area contributed by atoms with Crippen LogP contribution in [0.2, 0.25) is 0 Å². The van der Waals surface area contributed by atoms with Gasteiger partial charge in [-0.05, 0) is 11.4 Å². The van der Waals surface area contributed by atoms with Gasteiger partial charge >= 0.3 is 0 Å². The van der Waals surface area contributed by atoms with E-state index in [4.69, 9.17) is 0 Å². The van der Waals surface area contributed by atoms with Gasteiger partial charge in [-0.1, -0.05) is 0 Å². The molecule has 2 heterocycles. The number of aromatic nitrogens is 2. The van der Waals surface area contributed by atoms with E-state index >= 15 is 0 Å². The van der Waals surface area contributed by atoms with Crippen LogP contribution in [0.3, 0.4) is 0 Å². The lowest BCUT2D eigenvalue weighted by Gasteiger charge is -2.12. The quantitative estimate of drug-likeness (QED) is 0.606. The second kappa shape index (κ2) is 3.08. The Bertz CT molecular complexity index is 438. The summed E-state index contributed by atoms with van der Waals surface area (Å²) in [5.74, 6) is 1.05. The molecule has 0 aromatic carbocycles. The first-order chi connectivity index (χ1) is 6.18. The number of anilines is 1. The first-order valence-electron chi connectivity index (χ1n) is 4.07. The highest BCUT2D eigenvalue weighted by molar-refractivity contribution is 7.17. The van der Waals surface area contributed by atoms with Crippen molar-refractivity contribution in [3.63, 3.8) is 0 Å². The zero-order valence-corrected chi connectivity index (χ0v) is 10.7. The van der Waals surface area contributed by atoms with Gasteiger partial charge in [-0.3, -0.25) is 0 Å². The minimum atomic E-state index is 0.905. The molecule has 0 aliphatic carbocycles. The normalized spacial score (nSPS) is 10.9. The third-order valence-electron chi connectivity index (χ3n) is 1.82. The van der Waals surface area contributed by atoms with Crippen molar-refractivity contribution >= 4 is 43.1 Å². The maximum Gasteiger partial charge on any atom is 0.149 e. The Hall–Kier alpha value is -0.943. The summed E-state index contributed by atoms with van der Waals surface area (Å²) in [5.41, 5.74) is 2.04. The van der Waals surface area contributed by atoms with Crippen LogP contribution in [-0.4, -0.2) is 34.3 Å². The van der Waals surface area contributed by atoms with Gasteiger partial charge in [0.1, 0.15) is 5.82 Å². The molecule has 0 N–H and O–H groups in total. The Morgan fingerprint density at radius 2 is 2.15 bits per heavy atom. The molecule has 2 aromatic rings. The van der Waals surface area contributed by atoms with E-state index in [9.17, 15) is 0 Å². The number of nitrogens with zero attached hydrogens (tertiary/aromatic N) is 3. The SMILES string of the molecule is CN(C)c1nc([SiH3])nc2ccsc12. The van der Waals surface area contributed by atoms with Gasteiger partial charge in [0, 0.05) is 14.1 Å². The molecule has 0 fully saturated rings. The summed E-state index contributed by atoms with van der Waals surface area (Å²) in [6.45, 7) is 0. The van der Waals surface area contributed by atoms with Crippen molar-refractivity contribution in [3.8, 4) is 0 Å². The van der Waals surface area contributed by atoms with Crippen molar-refractivity contribution in [2.45, 2.75) is 0 Å². The van der Waals surface area contributed by atoms with E-state index < -0.39 is 0 Å². The van der Waals surface area contributed by atoms with E-state index in [0.717, 1.165) is 27.0 Å². The molecule has 68 valence electrons. The standard InChI is InChI=1S/C8H11N3SSi/c1-11(2)7-6-5(3-4-12-6)9-8(13)10-7/h3-4H,1-2,13H3. The second-order valence-electron chi connectivity index (χ2n) is 3.12. The molecule has 5 heteroatoms. The molecule has 0 bridgehead atoms. The fraction of sp³-hybridized carbons (Fsp3) is 0.250. The Labute approximate surface area is 83.9 Å². The summed E-state index contributed by atoms with van der Waals surface area (Å²) in [5, 5.41) is 2.06. The highest BCUT2D eigenvalue weighted by atomic mass is 32.1. The van der Waals surface area contributed by atoms with Gasteiger partial charge in [-0.25, -0.2) is 9.97 Å². The summed E-state index contributed by atoms with van der Waals surface area (Å²) in [6, 6.07) is 2.05. The molecule has 13 heavy (non-hydrogen) atoms. The Morgan fingerprint density at radius 1 is 1.38 bits per heavy atom. The topological polar surface area (TPSA) is 29.0 Å². The fourth-order valence-electron chi connectivity index (χ4n) is 1.26. The van der Waals surface area contributed by atoms with E-state index in [1.165, 1.54) is 4.70 Å². The molecule has 0 atom stereocenters. The average molecular weight is 209 g/mol. The average Bonchev–Trinajstić information content (AvgIpc) is 2.49. The predicted molar refractivity (Wildman–Crippen MR) is 61.3 cm³/mol. The van der Waals surface area contributed by atoms with Crippen molar-refractivity contribution in [1.29, 1.82) is 0 Å². The molecule has 3 nitrogen and oxygen atoms in total. The maximum atomic E-state index is 4.46. The van der Waals surface area contributed by atoms with E-state index in [2.05, 4.69) is 21.4 Å². The van der Waals surface area contributed by atoms with E-state index in [1.54, 1.807) is 11.3 Å². The maximum absolute atomic E-state index is 4.46. The van der Waals surface area contributed by atoms with Crippen LogP contribution in [0.5, 0.6) is 0 Å². The molecule has 2 aromatic heterocycles. The summed E-state index contributed by atoms with van der Waals surface area (Å²) < 4.78 is 1.18. The van der Waals surface area contributed by atoms with Crippen LogP contribution in [0.15, 0.2) is 11.4 Å². The second-order valence-corrected chi connectivity index (χ2v) is 4.93. The first kappa shape index (κ1) is 8.65. The lowest BCUT2D eigenvalue weighted by Crippen LogP contribution is -2.19. The predicted octanol–water partition coefficient (Wildman–Crippen LogP) is -0.252. The number of hydrogen-bond donors (Lipinski definition) is 0. The van der Waals surface area contributed by atoms with E-state index in [0.29, 0.717) is 0 Å². The summed E-state index contributed by atoms with van der Waals surface area (Å²) in [4.78, 5) is 10.9. The first-order valence-corrected chi connectivity index (χ1v) is 5.95. The van der Waals surface area contributed by atoms with E-state index in [1.807, 2.05) is 19.0 Å². The largest absolute Gasteiger partial charge is 0.361 e. The van der Waals surface area contributed by atoms with Crippen molar-refractivity contribution in [2.75, 3.05) is 19.0 Å². The third kappa shape index (κ3) is 1.44. The number of rotatable bonds is 1. The van der Waals surface area contributed by atoms with E-state index in [-0.39, 0.29) is 0 Å². The summed E-state index contributed by atoms with van der Waals surface area (Å²) in [6.07, 6.45) is 0. The summed E-state index contributed by atoms with van der Waals surface area (Å²) in [7, 11) is 4.94. The highest BCUT2D eigenvalue weighted by Crippen LogP contribution is 2.25. The van der Waals surface area contributed by atoms with Crippen molar-refractivity contribution < 1.29 is 0 Å². The molecule has 0 saturated carbocycles. The third-order valence-corrected chi connectivity index (χ3v) is 3.17. The lowest BCUT2D eigenvalue weighted by molar-refractivity contribution is 1.08. The van der Waals surface area contributed by atoms with Gasteiger partial charge in [0.05, 0.1) is 25.9 Å². The Kier molecular flexibility index (Phi) is 2.05. The Balaban J connectivity index is 2.77. The molecule has 0 aliphatic rings. The van der Waals surface area contributed by atoms with Crippen LogP contribution < -0.4 is 10.3 Å². The van der Waals surface area contributed by atoms with Gasteiger partial charge < -0.3 is 4.90 Å². The molecular formula is C8H11N3SSi. The van der Waals surface area contributed by atoms with Crippen molar-refractivity contribution in [2.24, 2.45) is 0 Å². The number of hydrogen-bond acceptors (Lipinski definition) is 4. The van der Waals surface area contributed by atoms with Crippen molar-refractivity contribution in [1.82, 2.24) is 9.97 Å². The molecular weight excluding hydrogens is 198 g/mol. The molecule has 0 unspecified atom stereocenters. The zero-order chi connectivity index (χ0) is 9.42. The van der Waals surface area contributed by atoms with Crippen LogP contribution in [0, 0.1) is 0 Å².